The third kappa shape index (κ3) is 2.89. The Morgan fingerprint density at radius 1 is 1.29 bits per heavy atom. The molecule has 1 amide bonds. The average Bonchev–Trinajstić information content (AvgIpc) is 3.28. The maximum Gasteiger partial charge on any atom is 0.307 e. The fourth-order valence-corrected chi connectivity index (χ4v) is 3.01. The van der Waals surface area contributed by atoms with Gasteiger partial charge in [-0.2, -0.15) is 0 Å². The first-order chi connectivity index (χ1) is 10.1. The van der Waals surface area contributed by atoms with E-state index < -0.39 is 11.9 Å². The van der Waals surface area contributed by atoms with Gasteiger partial charge >= 0.3 is 5.97 Å². The summed E-state index contributed by atoms with van der Waals surface area (Å²) in [6, 6.07) is 7.41. The summed E-state index contributed by atoms with van der Waals surface area (Å²) < 4.78 is 5.71. The van der Waals surface area contributed by atoms with Crippen LogP contribution in [0.5, 0.6) is 0 Å². The lowest BCUT2D eigenvalue weighted by atomic mass is 10.1. The first kappa shape index (κ1) is 14.4. The molecule has 2 aliphatic rings. The number of carbonyl (C=O) groups excluding carboxylic acids is 1. The topological polar surface area (TPSA) is 66.8 Å². The predicted octanol–water partition coefficient (Wildman–Crippen LogP) is 1.96. The van der Waals surface area contributed by atoms with Crippen LogP contribution in [0, 0.1) is 11.8 Å². The smallest absolute Gasteiger partial charge is 0.307 e. The zero-order chi connectivity index (χ0) is 15.0. The lowest BCUT2D eigenvalue weighted by molar-refractivity contribution is -0.145. The van der Waals surface area contributed by atoms with Crippen LogP contribution < -0.4 is 0 Å². The minimum atomic E-state index is -0.885. The lowest BCUT2D eigenvalue weighted by Gasteiger charge is -2.33. The first-order valence-corrected chi connectivity index (χ1v) is 7.33. The summed E-state index contributed by atoms with van der Waals surface area (Å²) in [5.41, 5.74) is 0.863. The molecule has 2 fully saturated rings. The number of carboxylic acids is 1. The van der Waals surface area contributed by atoms with Crippen molar-refractivity contribution in [3.8, 4) is 0 Å². The molecule has 0 radical (unpaired) electrons. The Kier molecular flexibility index (Phi) is 3.87. The zero-order valence-electron chi connectivity index (χ0n) is 11.4. The fraction of sp³-hybridized carbons (Fsp3) is 0.467. The molecule has 21 heavy (non-hydrogen) atoms. The van der Waals surface area contributed by atoms with E-state index in [2.05, 4.69) is 0 Å². The molecule has 0 aromatic heterocycles. The summed E-state index contributed by atoms with van der Waals surface area (Å²) in [6.07, 6.45) is 0.195. The van der Waals surface area contributed by atoms with E-state index in [-0.39, 0.29) is 17.9 Å². The van der Waals surface area contributed by atoms with Gasteiger partial charge in [-0.1, -0.05) is 29.8 Å². The number of aliphatic carboxylic acids is 1. The van der Waals surface area contributed by atoms with Gasteiger partial charge in [-0.3, -0.25) is 9.59 Å². The molecule has 0 bridgehead atoms. The van der Waals surface area contributed by atoms with Crippen molar-refractivity contribution in [1.29, 1.82) is 0 Å². The quantitative estimate of drug-likeness (QED) is 0.927. The molecule has 1 aliphatic carbocycles. The van der Waals surface area contributed by atoms with E-state index in [4.69, 9.17) is 21.4 Å². The van der Waals surface area contributed by atoms with Crippen molar-refractivity contribution in [2.45, 2.75) is 12.5 Å². The average molecular weight is 310 g/mol. The van der Waals surface area contributed by atoms with E-state index in [0.29, 0.717) is 31.1 Å². The number of hydrogen-bond donors (Lipinski definition) is 1. The van der Waals surface area contributed by atoms with Gasteiger partial charge in [0.25, 0.3) is 0 Å². The third-order valence-corrected chi connectivity index (χ3v) is 4.40. The van der Waals surface area contributed by atoms with Gasteiger partial charge in [0.1, 0.15) is 6.10 Å². The molecule has 1 saturated heterocycles. The second-order valence-corrected chi connectivity index (χ2v) is 5.86. The third-order valence-electron chi connectivity index (χ3n) is 4.06. The molecular weight excluding hydrogens is 294 g/mol. The van der Waals surface area contributed by atoms with Gasteiger partial charge < -0.3 is 14.7 Å². The molecule has 3 atom stereocenters. The number of benzene rings is 1. The molecule has 0 unspecified atom stereocenters. The van der Waals surface area contributed by atoms with Crippen LogP contribution >= 0.6 is 11.6 Å². The van der Waals surface area contributed by atoms with Crippen molar-refractivity contribution in [2.24, 2.45) is 11.8 Å². The Hall–Kier alpha value is -1.59. The van der Waals surface area contributed by atoms with E-state index in [1.54, 1.807) is 11.0 Å². The number of hydrogen-bond acceptors (Lipinski definition) is 3. The molecule has 1 aromatic carbocycles. The number of morpholine rings is 1. The van der Waals surface area contributed by atoms with Crippen LogP contribution in [0.15, 0.2) is 24.3 Å². The molecular formula is C15H16ClNO4. The number of nitrogens with zero attached hydrogens (tertiary/aromatic N) is 1. The monoisotopic (exact) mass is 309 g/mol. The largest absolute Gasteiger partial charge is 0.481 e. The summed E-state index contributed by atoms with van der Waals surface area (Å²) in [5.74, 6) is -1.85. The molecule has 1 saturated carbocycles. The number of ether oxygens (including phenoxy) is 1. The van der Waals surface area contributed by atoms with E-state index in [1.165, 1.54) is 0 Å². The Labute approximate surface area is 127 Å². The Bertz CT molecular complexity index is 577. The Balaban J connectivity index is 1.68. The number of halogens is 1. The van der Waals surface area contributed by atoms with Crippen molar-refractivity contribution >= 4 is 23.5 Å². The van der Waals surface area contributed by atoms with E-state index in [0.717, 1.165) is 5.56 Å². The highest BCUT2D eigenvalue weighted by molar-refractivity contribution is 6.31. The van der Waals surface area contributed by atoms with Crippen LogP contribution in [-0.4, -0.2) is 41.6 Å². The second kappa shape index (κ2) is 5.66. The van der Waals surface area contributed by atoms with Gasteiger partial charge in [0.05, 0.1) is 25.0 Å². The van der Waals surface area contributed by atoms with Crippen molar-refractivity contribution in [2.75, 3.05) is 19.7 Å². The van der Waals surface area contributed by atoms with Gasteiger partial charge in [-0.15, -0.1) is 0 Å². The molecule has 112 valence electrons. The van der Waals surface area contributed by atoms with Gasteiger partial charge in [-0.05, 0) is 12.5 Å². The van der Waals surface area contributed by atoms with Gasteiger partial charge in [-0.25, -0.2) is 0 Å². The molecule has 5 nitrogen and oxygen atoms in total. The number of amides is 1. The summed E-state index contributed by atoms with van der Waals surface area (Å²) in [5, 5.41) is 9.54. The molecule has 6 heteroatoms. The molecule has 1 aliphatic heterocycles. The molecule has 1 aromatic rings. The van der Waals surface area contributed by atoms with Crippen LogP contribution in [-0.2, 0) is 14.3 Å². The minimum absolute atomic E-state index is 0.0808. The lowest BCUT2D eigenvalue weighted by Crippen LogP contribution is -2.43. The van der Waals surface area contributed by atoms with E-state index in [1.807, 2.05) is 18.2 Å². The minimum Gasteiger partial charge on any atom is -0.481 e. The highest BCUT2D eigenvalue weighted by Gasteiger charge is 2.50. The summed E-state index contributed by atoms with van der Waals surface area (Å²) >= 11 is 6.16. The van der Waals surface area contributed by atoms with E-state index in [9.17, 15) is 9.59 Å². The number of carboxylic acid groups (broad SMARTS) is 1. The highest BCUT2D eigenvalue weighted by atomic mass is 35.5. The normalized spacial score (nSPS) is 28.2. The zero-order valence-corrected chi connectivity index (χ0v) is 12.1. The molecule has 1 N–H and O–H groups in total. The van der Waals surface area contributed by atoms with Crippen molar-refractivity contribution in [3.05, 3.63) is 34.9 Å². The van der Waals surface area contributed by atoms with Crippen molar-refractivity contribution in [3.63, 3.8) is 0 Å². The van der Waals surface area contributed by atoms with Gasteiger partial charge in [0.15, 0.2) is 0 Å². The SMILES string of the molecule is O=C(O)[C@@H]1C[C@H]1C(=O)N1CCO[C@H](c2ccccc2Cl)C1. The summed E-state index contributed by atoms with van der Waals surface area (Å²) in [7, 11) is 0. The first-order valence-electron chi connectivity index (χ1n) is 6.95. The summed E-state index contributed by atoms with van der Waals surface area (Å²) in [6.45, 7) is 1.36. The van der Waals surface area contributed by atoms with Gasteiger partial charge in [0, 0.05) is 17.1 Å². The Morgan fingerprint density at radius 2 is 2.05 bits per heavy atom. The fourth-order valence-electron chi connectivity index (χ4n) is 2.75. The molecule has 3 rings (SSSR count). The number of rotatable bonds is 3. The van der Waals surface area contributed by atoms with Gasteiger partial charge in [0.2, 0.25) is 5.91 Å². The number of carbonyl (C=O) groups is 2. The Morgan fingerprint density at radius 3 is 2.71 bits per heavy atom. The van der Waals surface area contributed by atoms with Crippen LogP contribution in [0.4, 0.5) is 0 Å². The van der Waals surface area contributed by atoms with Crippen LogP contribution in [0.1, 0.15) is 18.1 Å². The van der Waals surface area contributed by atoms with Crippen LogP contribution in [0.3, 0.4) is 0 Å². The second-order valence-electron chi connectivity index (χ2n) is 5.45. The standard InChI is InChI=1S/C15H16ClNO4/c16-12-4-2-1-3-9(12)13-8-17(5-6-21-13)14(18)10-7-11(10)15(19)20/h1-4,10-11,13H,5-8H2,(H,19,20)/t10-,11-,13+/m1/s1. The maximum atomic E-state index is 12.3. The summed E-state index contributed by atoms with van der Waals surface area (Å²) in [4.78, 5) is 24.9. The van der Waals surface area contributed by atoms with Crippen molar-refractivity contribution in [1.82, 2.24) is 4.90 Å². The molecule has 0 spiro atoms. The molecule has 1 heterocycles. The van der Waals surface area contributed by atoms with Crippen molar-refractivity contribution < 1.29 is 19.4 Å². The maximum absolute atomic E-state index is 12.3. The van der Waals surface area contributed by atoms with Crippen LogP contribution in [0.25, 0.3) is 0 Å². The van der Waals surface area contributed by atoms with Crippen LogP contribution in [0.2, 0.25) is 5.02 Å². The highest BCUT2D eigenvalue weighted by Crippen LogP contribution is 2.41. The predicted molar refractivity (Wildman–Crippen MR) is 76.0 cm³/mol. The van der Waals surface area contributed by atoms with E-state index >= 15 is 0 Å².